The van der Waals surface area contributed by atoms with Gasteiger partial charge in [-0.25, -0.2) is 4.39 Å². The van der Waals surface area contributed by atoms with Crippen molar-refractivity contribution in [3.63, 3.8) is 0 Å². The van der Waals surface area contributed by atoms with E-state index in [2.05, 4.69) is 0 Å². The molecular weight excluding hydrogens is 535 g/mol. The summed E-state index contributed by atoms with van der Waals surface area (Å²) in [5.41, 5.74) is 2.09. The fraction of sp³-hybridized carbons (Fsp3) is 0.300. The SMILES string of the molecule is C[C@@H]1c2ccc(/C=C/c3ccc(F)cc3)c(O)c2C(O)=C2C(=O)[C@@]3(O)C(O)=C(C(N)=O)C(=O)[C@H](N(C)C)[C@H]3[C@H](O)[C@H]21. The first-order chi connectivity index (χ1) is 19.2. The van der Waals surface area contributed by atoms with Gasteiger partial charge in [0.15, 0.2) is 11.4 Å². The minimum atomic E-state index is -2.97. The zero-order valence-corrected chi connectivity index (χ0v) is 22.4. The third-order valence-electron chi connectivity index (χ3n) is 8.49. The number of carbonyl (C=O) groups is 3. The van der Waals surface area contributed by atoms with Crippen molar-refractivity contribution in [2.75, 3.05) is 14.1 Å². The minimum Gasteiger partial charge on any atom is -0.508 e. The summed E-state index contributed by atoms with van der Waals surface area (Å²) in [6, 6.07) is 7.39. The lowest BCUT2D eigenvalue weighted by Crippen LogP contribution is -2.70. The summed E-state index contributed by atoms with van der Waals surface area (Å²) in [6.45, 7) is 1.66. The van der Waals surface area contributed by atoms with E-state index in [1.165, 1.54) is 49.3 Å². The van der Waals surface area contributed by atoms with Crippen LogP contribution in [0.25, 0.3) is 17.9 Å². The molecule has 0 heterocycles. The molecule has 1 fully saturated rings. The molecule has 0 aliphatic heterocycles. The summed E-state index contributed by atoms with van der Waals surface area (Å²) < 4.78 is 13.3. The van der Waals surface area contributed by atoms with E-state index < -0.39 is 87.2 Å². The maximum atomic E-state index is 14.0. The molecular formula is C30H29FN2O8. The van der Waals surface area contributed by atoms with Gasteiger partial charge in [-0.15, -0.1) is 0 Å². The van der Waals surface area contributed by atoms with Gasteiger partial charge in [0.05, 0.1) is 23.6 Å². The fourth-order valence-corrected chi connectivity index (χ4v) is 6.53. The Hall–Kier alpha value is -4.32. The van der Waals surface area contributed by atoms with Crippen LogP contribution in [-0.2, 0) is 14.4 Å². The number of aliphatic hydroxyl groups is 4. The second-order valence-corrected chi connectivity index (χ2v) is 10.9. The number of hydrogen-bond acceptors (Lipinski definition) is 9. The van der Waals surface area contributed by atoms with Gasteiger partial charge in [-0.05, 0) is 43.3 Å². The van der Waals surface area contributed by atoms with Gasteiger partial charge in [0.25, 0.3) is 5.91 Å². The smallest absolute Gasteiger partial charge is 0.255 e. The normalized spacial score (nSPS) is 29.6. The van der Waals surface area contributed by atoms with Crippen LogP contribution in [0.4, 0.5) is 4.39 Å². The summed E-state index contributed by atoms with van der Waals surface area (Å²) in [6.07, 6.45) is 1.48. The van der Waals surface area contributed by atoms with E-state index >= 15 is 0 Å². The van der Waals surface area contributed by atoms with Crippen LogP contribution in [0.1, 0.15) is 35.1 Å². The Kier molecular flexibility index (Phi) is 6.64. The van der Waals surface area contributed by atoms with Gasteiger partial charge < -0.3 is 31.3 Å². The number of hydrogen-bond donors (Lipinski definition) is 6. The van der Waals surface area contributed by atoms with Crippen LogP contribution in [0, 0.1) is 17.7 Å². The molecule has 214 valence electrons. The fourth-order valence-electron chi connectivity index (χ4n) is 6.53. The van der Waals surface area contributed by atoms with Gasteiger partial charge in [0, 0.05) is 17.1 Å². The van der Waals surface area contributed by atoms with E-state index in [0.29, 0.717) is 11.1 Å². The molecule has 6 atom stereocenters. The summed E-state index contributed by atoms with van der Waals surface area (Å²) in [4.78, 5) is 40.7. The van der Waals surface area contributed by atoms with E-state index in [4.69, 9.17) is 5.73 Å². The summed E-state index contributed by atoms with van der Waals surface area (Å²) in [5, 5.41) is 57.0. The van der Waals surface area contributed by atoms with Crippen molar-refractivity contribution >= 4 is 35.4 Å². The Morgan fingerprint density at radius 2 is 1.68 bits per heavy atom. The highest BCUT2D eigenvalue weighted by atomic mass is 19.1. The van der Waals surface area contributed by atoms with Gasteiger partial charge in [0.1, 0.15) is 28.7 Å². The average Bonchev–Trinajstić information content (AvgIpc) is 2.90. The number of phenolic OH excluding ortho intramolecular Hbond substituents is 1. The van der Waals surface area contributed by atoms with Crippen LogP contribution in [0.3, 0.4) is 0 Å². The number of aliphatic hydroxyl groups excluding tert-OH is 3. The molecule has 10 nitrogen and oxygen atoms in total. The van der Waals surface area contributed by atoms with Crippen LogP contribution >= 0.6 is 0 Å². The number of carbonyl (C=O) groups excluding carboxylic acids is 3. The predicted octanol–water partition coefficient (Wildman–Crippen LogP) is 1.81. The lowest BCUT2D eigenvalue weighted by atomic mass is 9.54. The van der Waals surface area contributed by atoms with Crippen LogP contribution in [0.15, 0.2) is 53.3 Å². The molecule has 2 aromatic carbocycles. The highest BCUT2D eigenvalue weighted by molar-refractivity contribution is 6.24. The van der Waals surface area contributed by atoms with Crippen molar-refractivity contribution in [2.24, 2.45) is 17.6 Å². The second kappa shape index (κ2) is 9.65. The van der Waals surface area contributed by atoms with Crippen molar-refractivity contribution in [1.29, 1.82) is 0 Å². The minimum absolute atomic E-state index is 0.109. The van der Waals surface area contributed by atoms with Crippen molar-refractivity contribution in [1.82, 2.24) is 4.90 Å². The first kappa shape index (κ1) is 28.2. The van der Waals surface area contributed by atoms with Gasteiger partial charge in [-0.2, -0.15) is 0 Å². The summed E-state index contributed by atoms with van der Waals surface area (Å²) >= 11 is 0. The topological polar surface area (TPSA) is 182 Å². The number of rotatable bonds is 4. The molecule has 11 heteroatoms. The highest BCUT2D eigenvalue weighted by Gasteiger charge is 2.68. The molecule has 0 radical (unpaired) electrons. The molecule has 0 aromatic heterocycles. The van der Waals surface area contributed by atoms with Gasteiger partial charge in [-0.1, -0.05) is 43.3 Å². The van der Waals surface area contributed by atoms with E-state index in [1.54, 1.807) is 25.1 Å². The molecule has 0 saturated heterocycles. The molecule has 2 aromatic rings. The van der Waals surface area contributed by atoms with Gasteiger partial charge in [0.2, 0.25) is 5.78 Å². The number of likely N-dealkylation sites (N-methyl/N-ethyl adjacent to an activating group) is 1. The number of aromatic hydroxyl groups is 1. The molecule has 0 unspecified atom stereocenters. The number of fused-ring (bicyclic) bond motifs is 3. The number of nitrogens with zero attached hydrogens (tertiary/aromatic N) is 1. The summed E-state index contributed by atoms with van der Waals surface area (Å²) in [5.74, 6) is -9.84. The Bertz CT molecular complexity index is 1590. The molecule has 3 aliphatic carbocycles. The number of phenols is 1. The summed E-state index contributed by atoms with van der Waals surface area (Å²) in [7, 11) is 2.89. The average molecular weight is 565 g/mol. The Labute approximate surface area is 234 Å². The van der Waals surface area contributed by atoms with Crippen LogP contribution in [0.2, 0.25) is 0 Å². The maximum Gasteiger partial charge on any atom is 0.255 e. The van der Waals surface area contributed by atoms with Crippen molar-refractivity contribution in [3.8, 4) is 5.75 Å². The molecule has 0 spiro atoms. The first-order valence-corrected chi connectivity index (χ1v) is 12.9. The lowest BCUT2D eigenvalue weighted by Gasteiger charge is -2.53. The number of primary amides is 1. The van der Waals surface area contributed by atoms with E-state index in [9.17, 15) is 44.3 Å². The molecule has 1 amide bonds. The highest BCUT2D eigenvalue weighted by Crippen LogP contribution is 2.56. The largest absolute Gasteiger partial charge is 0.508 e. The number of nitrogens with two attached hydrogens (primary N) is 1. The predicted molar refractivity (Wildman–Crippen MR) is 146 cm³/mol. The zero-order valence-electron chi connectivity index (χ0n) is 22.4. The standard InChI is InChI=1S/C30H29FN2O8/c1-12-16-11-8-14(7-4-13-5-9-15(31)10-6-13)23(34)18(16)24(35)19-17(12)25(36)21-22(33(2)3)26(37)20(29(32)40)28(39)30(21,41)27(19)38/h4-12,17,21-22,25,34-36,39,41H,1-3H3,(H2,32,40)/b7-4+/t12-,17+,21+,22-,25-,30-/m1/s1. The Morgan fingerprint density at radius 3 is 2.27 bits per heavy atom. The third kappa shape index (κ3) is 3.91. The number of amides is 1. The van der Waals surface area contributed by atoms with Crippen molar-refractivity contribution in [2.45, 2.75) is 30.6 Å². The number of ketones is 2. The van der Waals surface area contributed by atoms with Crippen LogP contribution < -0.4 is 5.73 Å². The van der Waals surface area contributed by atoms with Crippen molar-refractivity contribution in [3.05, 3.63) is 81.4 Å². The quantitative estimate of drug-likeness (QED) is 0.238. The maximum absolute atomic E-state index is 14.0. The van der Waals surface area contributed by atoms with Gasteiger partial charge in [-0.3, -0.25) is 19.3 Å². The zero-order chi connectivity index (χ0) is 30.1. The Balaban J connectivity index is 1.70. The molecule has 41 heavy (non-hydrogen) atoms. The first-order valence-electron chi connectivity index (χ1n) is 12.9. The van der Waals surface area contributed by atoms with Gasteiger partial charge >= 0.3 is 0 Å². The van der Waals surface area contributed by atoms with Crippen LogP contribution in [-0.4, -0.2) is 79.7 Å². The monoisotopic (exact) mass is 564 g/mol. The molecule has 5 rings (SSSR count). The van der Waals surface area contributed by atoms with E-state index in [1.807, 2.05) is 0 Å². The van der Waals surface area contributed by atoms with Crippen LogP contribution in [0.5, 0.6) is 5.75 Å². The molecule has 3 aliphatic rings. The van der Waals surface area contributed by atoms with E-state index in [-0.39, 0.29) is 11.1 Å². The molecule has 1 saturated carbocycles. The number of benzene rings is 2. The van der Waals surface area contributed by atoms with Crippen molar-refractivity contribution < 1.29 is 44.3 Å². The number of halogens is 1. The number of Topliss-reactive ketones (excluding diaryl/α,β-unsaturated/α-hetero) is 2. The Morgan fingerprint density at radius 1 is 1.05 bits per heavy atom. The lowest BCUT2D eigenvalue weighted by molar-refractivity contribution is -0.169. The van der Waals surface area contributed by atoms with E-state index in [0.717, 1.165) is 0 Å². The molecule has 0 bridgehead atoms. The molecule has 7 N–H and O–H groups in total. The second-order valence-electron chi connectivity index (χ2n) is 10.9. The third-order valence-corrected chi connectivity index (χ3v) is 8.49.